The minimum absolute atomic E-state index is 0.374. The first kappa shape index (κ1) is 15.4. The van der Waals surface area contributed by atoms with Crippen LogP contribution >= 0.6 is 0 Å². The van der Waals surface area contributed by atoms with E-state index >= 15 is 0 Å². The first-order valence-corrected chi connectivity index (χ1v) is 6.28. The topological polar surface area (TPSA) is 39.1 Å². The predicted octanol–water partition coefficient (Wildman–Crippen LogP) is 2.25. The molecule has 94 valence electrons. The number of nitrogens with one attached hydrogen (secondary N) is 1. The van der Waals surface area contributed by atoms with Gasteiger partial charge in [0.05, 0.1) is 6.07 Å². The van der Waals surface area contributed by atoms with E-state index in [1.807, 2.05) is 6.92 Å². The second-order valence-corrected chi connectivity index (χ2v) is 5.28. The van der Waals surface area contributed by atoms with Crippen molar-refractivity contribution in [3.05, 3.63) is 0 Å². The molecular formula is C13H27N3. The number of hydrogen-bond donors (Lipinski definition) is 1. The van der Waals surface area contributed by atoms with Crippen molar-refractivity contribution in [1.29, 1.82) is 5.26 Å². The van der Waals surface area contributed by atoms with Gasteiger partial charge in [0.25, 0.3) is 0 Å². The Morgan fingerprint density at radius 1 is 1.44 bits per heavy atom. The molecule has 0 aromatic heterocycles. The zero-order chi connectivity index (χ0) is 12.6. The average Bonchev–Trinajstić information content (AvgIpc) is 2.23. The van der Waals surface area contributed by atoms with Crippen LogP contribution in [0.1, 0.15) is 40.5 Å². The third-order valence-corrected chi connectivity index (χ3v) is 2.68. The third kappa shape index (κ3) is 6.81. The Morgan fingerprint density at radius 3 is 2.50 bits per heavy atom. The molecule has 0 fully saturated rings. The van der Waals surface area contributed by atoms with Crippen LogP contribution in [-0.4, -0.2) is 37.1 Å². The molecule has 1 atom stereocenters. The Morgan fingerprint density at radius 2 is 2.06 bits per heavy atom. The van der Waals surface area contributed by atoms with Crippen molar-refractivity contribution in [2.24, 2.45) is 5.92 Å². The first-order valence-electron chi connectivity index (χ1n) is 6.28. The minimum atomic E-state index is -0.374. The van der Waals surface area contributed by atoms with E-state index in [1.54, 1.807) is 0 Å². The van der Waals surface area contributed by atoms with E-state index in [-0.39, 0.29) is 5.54 Å². The molecule has 0 aliphatic rings. The predicted molar refractivity (Wildman–Crippen MR) is 69.3 cm³/mol. The lowest BCUT2D eigenvalue weighted by molar-refractivity contribution is 0.263. The largest absolute Gasteiger partial charge is 0.306 e. The van der Waals surface area contributed by atoms with E-state index in [0.717, 1.165) is 32.5 Å². The van der Waals surface area contributed by atoms with Gasteiger partial charge in [0, 0.05) is 13.1 Å². The van der Waals surface area contributed by atoms with Gasteiger partial charge in [0.1, 0.15) is 5.54 Å². The molecule has 3 nitrogen and oxygen atoms in total. The van der Waals surface area contributed by atoms with Gasteiger partial charge in [-0.15, -0.1) is 0 Å². The summed E-state index contributed by atoms with van der Waals surface area (Å²) in [5, 5.41) is 12.5. The van der Waals surface area contributed by atoms with Gasteiger partial charge in [-0.3, -0.25) is 5.32 Å². The molecule has 0 saturated heterocycles. The van der Waals surface area contributed by atoms with Gasteiger partial charge >= 0.3 is 0 Å². The molecule has 0 aromatic carbocycles. The quantitative estimate of drug-likeness (QED) is 0.688. The standard InChI is InChI=1S/C13H27N3/c1-6-8-15-13(4,11-14)7-9-16(5)10-12(2)3/h12,15H,6-10H2,1-5H3. The second-order valence-electron chi connectivity index (χ2n) is 5.28. The maximum atomic E-state index is 9.18. The zero-order valence-corrected chi connectivity index (χ0v) is 11.5. The molecular weight excluding hydrogens is 198 g/mol. The number of rotatable bonds is 8. The molecule has 0 aromatic rings. The summed E-state index contributed by atoms with van der Waals surface area (Å²) in [5.41, 5.74) is -0.374. The highest BCUT2D eigenvalue weighted by molar-refractivity contribution is 5.03. The first-order chi connectivity index (χ1) is 7.43. The van der Waals surface area contributed by atoms with Crippen molar-refractivity contribution >= 4 is 0 Å². The van der Waals surface area contributed by atoms with Crippen molar-refractivity contribution in [2.45, 2.75) is 46.1 Å². The molecule has 0 spiro atoms. The van der Waals surface area contributed by atoms with E-state index in [4.69, 9.17) is 0 Å². The smallest absolute Gasteiger partial charge is 0.105 e. The van der Waals surface area contributed by atoms with Crippen LogP contribution in [0, 0.1) is 17.2 Å². The Kier molecular flexibility index (Phi) is 7.36. The molecule has 0 radical (unpaired) electrons. The lowest BCUT2D eigenvalue weighted by Gasteiger charge is -2.27. The summed E-state index contributed by atoms with van der Waals surface area (Å²) >= 11 is 0. The van der Waals surface area contributed by atoms with E-state index in [1.165, 1.54) is 0 Å². The summed E-state index contributed by atoms with van der Waals surface area (Å²) in [6.45, 7) is 11.5. The summed E-state index contributed by atoms with van der Waals surface area (Å²) in [5.74, 6) is 0.682. The van der Waals surface area contributed by atoms with Gasteiger partial charge in [0.2, 0.25) is 0 Å². The van der Waals surface area contributed by atoms with Gasteiger partial charge in [0.15, 0.2) is 0 Å². The van der Waals surface area contributed by atoms with Gasteiger partial charge in [-0.1, -0.05) is 20.8 Å². The highest BCUT2D eigenvalue weighted by atomic mass is 15.1. The summed E-state index contributed by atoms with van der Waals surface area (Å²) in [4.78, 5) is 2.30. The molecule has 0 saturated carbocycles. The van der Waals surface area contributed by atoms with Crippen molar-refractivity contribution in [3.8, 4) is 6.07 Å². The van der Waals surface area contributed by atoms with Crippen molar-refractivity contribution < 1.29 is 0 Å². The van der Waals surface area contributed by atoms with Crippen molar-refractivity contribution in [2.75, 3.05) is 26.7 Å². The Balaban J connectivity index is 3.99. The van der Waals surface area contributed by atoms with Gasteiger partial charge in [-0.05, 0) is 39.3 Å². The van der Waals surface area contributed by atoms with Crippen LogP contribution in [0.5, 0.6) is 0 Å². The van der Waals surface area contributed by atoms with Gasteiger partial charge < -0.3 is 4.90 Å². The number of nitriles is 1. The molecule has 1 N–H and O–H groups in total. The lowest BCUT2D eigenvalue weighted by atomic mass is 9.99. The average molecular weight is 225 g/mol. The molecule has 0 aliphatic carbocycles. The van der Waals surface area contributed by atoms with Crippen molar-refractivity contribution in [3.63, 3.8) is 0 Å². The Labute approximate surface area is 101 Å². The van der Waals surface area contributed by atoms with Crippen LogP contribution in [0.4, 0.5) is 0 Å². The third-order valence-electron chi connectivity index (χ3n) is 2.68. The van der Waals surface area contributed by atoms with Crippen LogP contribution in [0.15, 0.2) is 0 Å². The van der Waals surface area contributed by atoms with Crippen LogP contribution in [0.2, 0.25) is 0 Å². The summed E-state index contributed by atoms with van der Waals surface area (Å²) < 4.78 is 0. The fourth-order valence-electron chi connectivity index (χ4n) is 1.71. The fraction of sp³-hybridized carbons (Fsp3) is 0.923. The highest BCUT2D eigenvalue weighted by Crippen LogP contribution is 2.09. The summed E-state index contributed by atoms with van der Waals surface area (Å²) in [6.07, 6.45) is 1.95. The molecule has 0 heterocycles. The molecule has 3 heteroatoms. The lowest BCUT2D eigenvalue weighted by Crippen LogP contribution is -2.44. The second kappa shape index (κ2) is 7.65. The molecule has 16 heavy (non-hydrogen) atoms. The Bertz CT molecular complexity index is 220. The minimum Gasteiger partial charge on any atom is -0.306 e. The molecule has 0 amide bonds. The fourth-order valence-corrected chi connectivity index (χ4v) is 1.71. The highest BCUT2D eigenvalue weighted by Gasteiger charge is 2.22. The van der Waals surface area contributed by atoms with Crippen molar-refractivity contribution in [1.82, 2.24) is 10.2 Å². The zero-order valence-electron chi connectivity index (χ0n) is 11.5. The van der Waals surface area contributed by atoms with E-state index < -0.39 is 0 Å². The van der Waals surface area contributed by atoms with E-state index in [9.17, 15) is 5.26 Å². The van der Waals surface area contributed by atoms with E-state index in [2.05, 4.69) is 44.1 Å². The summed E-state index contributed by atoms with van der Waals surface area (Å²) in [6, 6.07) is 2.38. The number of hydrogen-bond acceptors (Lipinski definition) is 3. The number of nitrogens with zero attached hydrogens (tertiary/aromatic N) is 2. The maximum Gasteiger partial charge on any atom is 0.105 e. The normalized spacial score (nSPS) is 15.1. The van der Waals surface area contributed by atoms with Crippen LogP contribution in [0.25, 0.3) is 0 Å². The monoisotopic (exact) mass is 225 g/mol. The van der Waals surface area contributed by atoms with Gasteiger partial charge in [-0.2, -0.15) is 5.26 Å². The molecule has 0 aliphatic heterocycles. The van der Waals surface area contributed by atoms with E-state index in [0.29, 0.717) is 5.92 Å². The molecule has 0 bridgehead atoms. The molecule has 0 rings (SSSR count). The van der Waals surface area contributed by atoms with Gasteiger partial charge in [-0.25, -0.2) is 0 Å². The van der Waals surface area contributed by atoms with Crippen LogP contribution < -0.4 is 5.32 Å². The molecule has 1 unspecified atom stereocenters. The SMILES string of the molecule is CCCNC(C)(C#N)CCN(C)CC(C)C. The maximum absolute atomic E-state index is 9.18. The summed E-state index contributed by atoms with van der Waals surface area (Å²) in [7, 11) is 2.12. The van der Waals surface area contributed by atoms with Crippen LogP contribution in [0.3, 0.4) is 0 Å². The Hall–Kier alpha value is -0.590. The van der Waals surface area contributed by atoms with Crippen LogP contribution in [-0.2, 0) is 0 Å².